The minimum atomic E-state index is -0.667. The Morgan fingerprint density at radius 2 is 1.78 bits per heavy atom. The fourth-order valence-electron chi connectivity index (χ4n) is 4.30. The fourth-order valence-corrected chi connectivity index (χ4v) is 4.96. The zero-order chi connectivity index (χ0) is 29.4. The highest BCUT2D eigenvalue weighted by Gasteiger charge is 2.35. The summed E-state index contributed by atoms with van der Waals surface area (Å²) in [6, 6.07) is 19.6. The average Bonchev–Trinajstić information content (AvgIpc) is 3.39. The van der Waals surface area contributed by atoms with E-state index in [-0.39, 0.29) is 37.5 Å². The van der Waals surface area contributed by atoms with E-state index < -0.39 is 17.8 Å². The second-order valence-electron chi connectivity index (χ2n) is 9.05. The van der Waals surface area contributed by atoms with E-state index in [0.29, 0.717) is 16.8 Å². The van der Waals surface area contributed by atoms with Gasteiger partial charge in [0.05, 0.1) is 31.1 Å². The lowest BCUT2D eigenvalue weighted by Gasteiger charge is -2.27. The third kappa shape index (κ3) is 7.01. The molecule has 2 aromatic carbocycles. The first-order valence-corrected chi connectivity index (χ1v) is 14.1. The second-order valence-corrected chi connectivity index (χ2v) is 10.4. The molecule has 3 aromatic rings. The number of amides is 2. The van der Waals surface area contributed by atoms with Gasteiger partial charge in [-0.1, -0.05) is 37.3 Å². The number of carbonyl (C=O) groups is 3. The quantitative estimate of drug-likeness (QED) is 0.106. The zero-order valence-electron chi connectivity index (χ0n) is 23.1. The molecule has 9 nitrogen and oxygen atoms in total. The summed E-state index contributed by atoms with van der Waals surface area (Å²) in [6.07, 6.45) is 3.52. The number of hydrogen-bond acceptors (Lipinski definition) is 8. The molecule has 10 heteroatoms. The number of carbonyl (C=O) groups excluding carboxylic acids is 3. The van der Waals surface area contributed by atoms with Gasteiger partial charge in [-0.25, -0.2) is 4.68 Å². The molecule has 2 amide bonds. The maximum absolute atomic E-state index is 13.6. The first-order valence-electron chi connectivity index (χ1n) is 13.1. The Morgan fingerprint density at radius 1 is 1.05 bits per heavy atom. The molecule has 1 aliphatic heterocycles. The first-order chi connectivity index (χ1) is 19.8. The molecular formula is C31H30N4O5S. The van der Waals surface area contributed by atoms with E-state index in [1.807, 2.05) is 66.9 Å². The van der Waals surface area contributed by atoms with Crippen molar-refractivity contribution in [2.75, 3.05) is 32.1 Å². The summed E-state index contributed by atoms with van der Waals surface area (Å²) in [5, 5.41) is 14.6. The van der Waals surface area contributed by atoms with Gasteiger partial charge in [-0.2, -0.15) is 10.4 Å². The molecule has 0 N–H and O–H groups in total. The van der Waals surface area contributed by atoms with E-state index in [4.69, 9.17) is 14.6 Å². The predicted molar refractivity (Wildman–Crippen MR) is 156 cm³/mol. The van der Waals surface area contributed by atoms with Crippen molar-refractivity contribution >= 4 is 35.6 Å². The number of aromatic nitrogens is 2. The van der Waals surface area contributed by atoms with E-state index in [1.165, 1.54) is 6.92 Å². The van der Waals surface area contributed by atoms with Crippen LogP contribution in [-0.2, 0) is 23.9 Å². The van der Waals surface area contributed by atoms with Crippen molar-refractivity contribution in [2.24, 2.45) is 0 Å². The standard InChI is InChI=1S/C31H30N4O5S/c1-4-41-26-12-10-23(11-13-26)29-24(20-35(33-29)25-8-6-5-7-9-25)18-27-21(2)28(19-32)31(38)34(30(27)37)14-15-39-16-17-40-22(3)36/h5-13,18,20H,4,14-17H2,1-3H3/b27-18+. The van der Waals surface area contributed by atoms with Crippen LogP contribution >= 0.6 is 11.8 Å². The predicted octanol–water partition coefficient (Wildman–Crippen LogP) is 4.82. The van der Waals surface area contributed by atoms with Crippen LogP contribution < -0.4 is 0 Å². The highest BCUT2D eigenvalue weighted by atomic mass is 32.2. The third-order valence-electron chi connectivity index (χ3n) is 6.32. The van der Waals surface area contributed by atoms with Crippen molar-refractivity contribution in [3.8, 4) is 23.0 Å². The molecule has 210 valence electrons. The summed E-state index contributed by atoms with van der Waals surface area (Å²) >= 11 is 1.74. The molecule has 0 saturated heterocycles. The van der Waals surface area contributed by atoms with Gasteiger partial charge >= 0.3 is 5.97 Å². The summed E-state index contributed by atoms with van der Waals surface area (Å²) in [6.45, 7) is 5.16. The summed E-state index contributed by atoms with van der Waals surface area (Å²) in [5.41, 5.74) is 3.47. The smallest absolute Gasteiger partial charge is 0.302 e. The van der Waals surface area contributed by atoms with E-state index in [0.717, 1.165) is 26.8 Å². The fraction of sp³-hybridized carbons (Fsp3) is 0.258. The Labute approximate surface area is 243 Å². The highest BCUT2D eigenvalue weighted by Crippen LogP contribution is 2.32. The van der Waals surface area contributed by atoms with Gasteiger partial charge in [0.2, 0.25) is 0 Å². The van der Waals surface area contributed by atoms with Crippen LogP contribution in [0.4, 0.5) is 0 Å². The number of nitrogens with zero attached hydrogens (tertiary/aromatic N) is 4. The van der Waals surface area contributed by atoms with Crippen molar-refractivity contribution in [3.05, 3.63) is 83.1 Å². The Balaban J connectivity index is 1.70. The number of thioether (sulfide) groups is 1. The van der Waals surface area contributed by atoms with Crippen LogP contribution in [0.1, 0.15) is 26.3 Å². The number of esters is 1. The van der Waals surface area contributed by atoms with Crippen molar-refractivity contribution in [2.45, 2.75) is 25.7 Å². The Kier molecular flexibility index (Phi) is 9.90. The van der Waals surface area contributed by atoms with Crippen LogP contribution in [0, 0.1) is 11.3 Å². The van der Waals surface area contributed by atoms with Gasteiger partial charge in [-0.3, -0.25) is 19.3 Å². The summed E-state index contributed by atoms with van der Waals surface area (Å²) in [5.74, 6) is -0.654. The minimum Gasteiger partial charge on any atom is -0.463 e. The van der Waals surface area contributed by atoms with Gasteiger partial charge in [0.15, 0.2) is 0 Å². The van der Waals surface area contributed by atoms with Crippen LogP contribution in [0.5, 0.6) is 0 Å². The average molecular weight is 571 g/mol. The van der Waals surface area contributed by atoms with Crippen LogP contribution in [0.2, 0.25) is 0 Å². The van der Waals surface area contributed by atoms with Gasteiger partial charge in [0.25, 0.3) is 11.8 Å². The maximum Gasteiger partial charge on any atom is 0.302 e. The number of rotatable bonds is 11. The first kappa shape index (κ1) is 29.5. The molecule has 0 aliphatic carbocycles. The number of ether oxygens (including phenoxy) is 2. The molecule has 0 bridgehead atoms. The number of benzene rings is 2. The molecule has 41 heavy (non-hydrogen) atoms. The van der Waals surface area contributed by atoms with Crippen LogP contribution in [0.25, 0.3) is 23.0 Å². The Bertz CT molecular complexity index is 1530. The number of nitriles is 1. The zero-order valence-corrected chi connectivity index (χ0v) is 23.9. The number of hydrogen-bond donors (Lipinski definition) is 0. The number of imide groups is 1. The molecule has 0 unspecified atom stereocenters. The molecule has 1 aromatic heterocycles. The van der Waals surface area contributed by atoms with Gasteiger partial charge < -0.3 is 9.47 Å². The molecule has 0 radical (unpaired) electrons. The molecule has 0 fully saturated rings. The second kappa shape index (κ2) is 13.7. The van der Waals surface area contributed by atoms with Crippen LogP contribution in [-0.4, -0.2) is 64.6 Å². The molecule has 0 saturated carbocycles. The largest absolute Gasteiger partial charge is 0.463 e. The lowest BCUT2D eigenvalue weighted by atomic mass is 9.93. The topological polar surface area (TPSA) is 115 Å². The lowest BCUT2D eigenvalue weighted by molar-refractivity contribution is -0.142. The van der Waals surface area contributed by atoms with Gasteiger partial charge in [-0.05, 0) is 48.6 Å². The number of para-hydroxylation sites is 1. The monoisotopic (exact) mass is 570 g/mol. The van der Waals surface area contributed by atoms with Crippen molar-refractivity contribution < 1.29 is 23.9 Å². The van der Waals surface area contributed by atoms with Gasteiger partial charge in [-0.15, -0.1) is 11.8 Å². The van der Waals surface area contributed by atoms with E-state index in [2.05, 4.69) is 6.92 Å². The summed E-state index contributed by atoms with van der Waals surface area (Å²) < 4.78 is 12.0. The molecule has 0 spiro atoms. The van der Waals surface area contributed by atoms with Crippen LogP contribution in [0.15, 0.2) is 82.4 Å². The van der Waals surface area contributed by atoms with E-state index in [1.54, 1.807) is 29.4 Å². The normalized spacial score (nSPS) is 14.5. The van der Waals surface area contributed by atoms with Crippen LogP contribution in [0.3, 0.4) is 0 Å². The molecule has 2 heterocycles. The van der Waals surface area contributed by atoms with Crippen molar-refractivity contribution in [1.29, 1.82) is 5.26 Å². The van der Waals surface area contributed by atoms with E-state index in [9.17, 15) is 19.6 Å². The third-order valence-corrected chi connectivity index (χ3v) is 7.21. The lowest BCUT2D eigenvalue weighted by Crippen LogP contribution is -2.44. The molecule has 1 aliphatic rings. The highest BCUT2D eigenvalue weighted by molar-refractivity contribution is 7.99. The Hall–Kier alpha value is -4.46. The molecule has 4 rings (SSSR count). The van der Waals surface area contributed by atoms with Crippen molar-refractivity contribution in [3.63, 3.8) is 0 Å². The van der Waals surface area contributed by atoms with Gasteiger partial charge in [0.1, 0.15) is 18.2 Å². The maximum atomic E-state index is 13.6. The van der Waals surface area contributed by atoms with E-state index >= 15 is 0 Å². The Morgan fingerprint density at radius 3 is 2.44 bits per heavy atom. The molecule has 0 atom stereocenters. The molecular weight excluding hydrogens is 540 g/mol. The van der Waals surface area contributed by atoms with Gasteiger partial charge in [0, 0.05) is 34.7 Å². The SMILES string of the molecule is CCSc1ccc(-c2nn(-c3ccccc3)cc2/C=C2/C(=O)N(CCOCCOC(C)=O)C(=O)C(C#N)=C2C)cc1. The minimum absolute atomic E-state index is 0.0308. The summed E-state index contributed by atoms with van der Waals surface area (Å²) in [7, 11) is 0. The summed E-state index contributed by atoms with van der Waals surface area (Å²) in [4.78, 5) is 39.7. The van der Waals surface area contributed by atoms with Crippen molar-refractivity contribution in [1.82, 2.24) is 14.7 Å².